The summed E-state index contributed by atoms with van der Waals surface area (Å²) in [5.74, 6) is -1.43. The number of amides is 4. The van der Waals surface area contributed by atoms with Crippen molar-refractivity contribution in [1.29, 1.82) is 0 Å². The van der Waals surface area contributed by atoms with Crippen molar-refractivity contribution < 1.29 is 76.7 Å². The molecule has 5 N–H and O–H groups in total. The number of carbonyl (C=O) groups is 10. The van der Waals surface area contributed by atoms with Crippen LogP contribution in [0.1, 0.15) is 129 Å². The highest BCUT2D eigenvalue weighted by molar-refractivity contribution is 5.92. The van der Waals surface area contributed by atoms with Crippen molar-refractivity contribution in [3.8, 4) is 0 Å². The van der Waals surface area contributed by atoms with E-state index in [1.54, 1.807) is 46.6 Å². The molecule has 20 heteroatoms. The molecular weight excluding hydrogens is 1030 g/mol. The van der Waals surface area contributed by atoms with Crippen molar-refractivity contribution in [3.05, 3.63) is 124 Å². The monoisotopic (exact) mass is 1140 g/mol. The maximum Gasteiger partial charge on any atom is 0.333 e. The lowest BCUT2D eigenvalue weighted by atomic mass is 10.2. The summed E-state index contributed by atoms with van der Waals surface area (Å²) < 4.78 is 23.1. The Bertz CT molecular complexity index is 1830. The van der Waals surface area contributed by atoms with Crippen LogP contribution in [-0.4, -0.2) is 135 Å². The van der Waals surface area contributed by atoms with Crippen molar-refractivity contribution in [1.82, 2.24) is 15.5 Å². The predicted molar refractivity (Wildman–Crippen MR) is 322 cm³/mol. The number of allylic oxidation sites excluding steroid dienone is 2. The highest BCUT2D eigenvalue weighted by atomic mass is 16.6. The lowest BCUT2D eigenvalue weighted by molar-refractivity contribution is -0.140. The van der Waals surface area contributed by atoms with Crippen LogP contribution in [0.15, 0.2) is 124 Å². The zero-order valence-electron chi connectivity index (χ0n) is 51.5. The summed E-state index contributed by atoms with van der Waals surface area (Å²) in [6, 6.07) is 0. The second-order valence-electron chi connectivity index (χ2n) is 16.2. The van der Waals surface area contributed by atoms with Gasteiger partial charge in [0.1, 0.15) is 6.61 Å². The van der Waals surface area contributed by atoms with Gasteiger partial charge >= 0.3 is 23.9 Å². The van der Waals surface area contributed by atoms with Crippen LogP contribution in [0.2, 0.25) is 0 Å². The lowest BCUT2D eigenvalue weighted by Gasteiger charge is -2.18. The number of likely N-dealkylation sites (N-methyl/N-ethyl adjacent to an activating group) is 1. The van der Waals surface area contributed by atoms with Gasteiger partial charge in [-0.3, -0.25) is 33.6 Å². The van der Waals surface area contributed by atoms with Gasteiger partial charge in [-0.15, -0.1) is 0 Å². The highest BCUT2D eigenvalue weighted by Crippen LogP contribution is 1.98. The number of methoxy groups -OCH3 is 1. The van der Waals surface area contributed by atoms with E-state index in [0.29, 0.717) is 79.8 Å². The van der Waals surface area contributed by atoms with Crippen LogP contribution in [0.5, 0.6) is 0 Å². The number of rotatable bonds is 26. The standard InChI is InChI=1S/C9H16O2.C8H15NO2.C8H15NO.C7H12O3.C7H12O2.C5H9NO.C4H7NO.C4H6O2.2C4H6O/c1-4-5-6-7-11-9(10)8(2)3;1-3-5-9(6-7-10)8(11)4-2;1-6(2)5-9-8(10)7(3)4;1-6(2)7(8)10-5-4-9-3;1-4-5-9-7(8)6(2)3;1-3-5(7)6-4-2;1-3(2)4(5)6;1-3-6-4(2)5;2*1-3-4(2)5/h2,4-7H2,1,3H3;4,10H,2-3,5-7H2,1H3;6H,3,5H2,1-2,4H3,(H,9,10);1,4-5H2,2-3H3;2,4-5H2,1,3H3;3H,1,4H2,2H3,(H,6,7);1H2,2H3,(H2,5,6);3H,1H2,2H3;2*3H,1H2,2H3. The third-order valence-electron chi connectivity index (χ3n) is 7.17. The molecule has 0 heterocycles. The zero-order chi connectivity index (χ0) is 65.2. The number of ether oxygens (including phenoxy) is 5. The molecule has 0 aliphatic rings. The summed E-state index contributed by atoms with van der Waals surface area (Å²) >= 11 is 0. The van der Waals surface area contributed by atoms with Gasteiger partial charge in [-0.05, 0) is 105 Å². The van der Waals surface area contributed by atoms with E-state index in [1.807, 2.05) is 20.8 Å². The van der Waals surface area contributed by atoms with Gasteiger partial charge in [-0.1, -0.05) is 113 Å². The Morgan fingerprint density at radius 1 is 0.550 bits per heavy atom. The van der Waals surface area contributed by atoms with Gasteiger partial charge in [-0.25, -0.2) is 14.4 Å². The molecule has 0 aromatic rings. The first kappa shape index (κ1) is 94.8. The summed E-state index contributed by atoms with van der Waals surface area (Å²) in [5, 5.41) is 13.9. The van der Waals surface area contributed by atoms with Crippen LogP contribution < -0.4 is 16.4 Å². The molecule has 0 aliphatic carbocycles. The number of hydrogen-bond donors (Lipinski definition) is 4. The Labute approximate surface area is 481 Å². The lowest BCUT2D eigenvalue weighted by Crippen LogP contribution is -2.32. The zero-order valence-corrected chi connectivity index (χ0v) is 51.5. The number of ketones is 2. The first-order chi connectivity index (χ1) is 37.1. The van der Waals surface area contributed by atoms with Gasteiger partial charge in [0.2, 0.25) is 23.6 Å². The van der Waals surface area contributed by atoms with E-state index in [0.717, 1.165) is 44.9 Å². The van der Waals surface area contributed by atoms with Crippen molar-refractivity contribution in [2.24, 2.45) is 11.7 Å². The number of nitrogens with zero attached hydrogens (tertiary/aromatic N) is 1. The number of aliphatic hydroxyl groups excluding tert-OH is 1. The van der Waals surface area contributed by atoms with E-state index in [4.69, 9.17) is 20.3 Å². The molecule has 0 bridgehead atoms. The second kappa shape index (κ2) is 73.5. The highest BCUT2D eigenvalue weighted by Gasteiger charge is 2.07. The summed E-state index contributed by atoms with van der Waals surface area (Å²) in [6.45, 7) is 62.0. The average Bonchev–Trinajstić information content (AvgIpc) is 3.39. The van der Waals surface area contributed by atoms with Gasteiger partial charge in [0.05, 0.1) is 32.7 Å². The average molecular weight is 1140 g/mol. The summed E-state index contributed by atoms with van der Waals surface area (Å²) in [7, 11) is 1.55. The minimum Gasteiger partial charge on any atom is -0.462 e. The number of nitrogens with one attached hydrogen (secondary N) is 2. The maximum atomic E-state index is 11.0. The van der Waals surface area contributed by atoms with Gasteiger partial charge in [0.25, 0.3) is 0 Å². The fourth-order valence-electron chi connectivity index (χ4n) is 2.96. The maximum absolute atomic E-state index is 11.0. The Morgan fingerprint density at radius 2 is 0.963 bits per heavy atom. The van der Waals surface area contributed by atoms with Crippen LogP contribution in [0.3, 0.4) is 0 Å². The molecule has 0 fully saturated rings. The van der Waals surface area contributed by atoms with Crippen LogP contribution in [-0.2, 0) is 71.6 Å². The number of nitrogens with two attached hydrogens (primary N) is 1. The molecule has 0 saturated carbocycles. The molecule has 4 amide bonds. The van der Waals surface area contributed by atoms with Crippen molar-refractivity contribution in [3.63, 3.8) is 0 Å². The van der Waals surface area contributed by atoms with Crippen LogP contribution in [0.4, 0.5) is 0 Å². The van der Waals surface area contributed by atoms with Crippen molar-refractivity contribution in [2.45, 2.75) is 129 Å². The van der Waals surface area contributed by atoms with E-state index in [1.165, 1.54) is 45.1 Å². The number of aliphatic hydroxyl groups is 1. The molecule has 0 aliphatic heterocycles. The Kier molecular flexibility index (Phi) is 87.1. The van der Waals surface area contributed by atoms with E-state index in [-0.39, 0.29) is 59.8 Å². The molecule has 0 rings (SSSR count). The molecule has 0 saturated heterocycles. The van der Waals surface area contributed by atoms with Crippen LogP contribution in [0.25, 0.3) is 0 Å². The third-order valence-corrected chi connectivity index (χ3v) is 7.17. The topological polar surface area (TPSA) is 290 Å². The van der Waals surface area contributed by atoms with E-state index in [2.05, 4.69) is 111 Å². The summed E-state index contributed by atoms with van der Waals surface area (Å²) in [6.07, 6.45) is 11.2. The first-order valence-corrected chi connectivity index (χ1v) is 25.4. The summed E-state index contributed by atoms with van der Waals surface area (Å²) in [4.78, 5) is 105. The fourth-order valence-corrected chi connectivity index (χ4v) is 2.96. The van der Waals surface area contributed by atoms with Gasteiger partial charge in [-0.2, -0.15) is 0 Å². The molecule has 0 atom stereocenters. The van der Waals surface area contributed by atoms with Crippen molar-refractivity contribution >= 4 is 59.1 Å². The third kappa shape index (κ3) is 107. The molecule has 0 aromatic carbocycles. The molecule has 0 spiro atoms. The molecule has 460 valence electrons. The number of hydrogen-bond acceptors (Lipinski definition) is 16. The molecule has 0 aromatic heterocycles. The Balaban J connectivity index is -0.0000000861. The minimum atomic E-state index is -0.435. The second-order valence-corrected chi connectivity index (χ2v) is 16.2. The number of carbonyl (C=O) groups excluding carboxylic acids is 10. The number of unbranched alkanes of at least 4 members (excludes halogenated alkanes) is 2. The van der Waals surface area contributed by atoms with Gasteiger partial charge < -0.3 is 50.1 Å². The quantitative estimate of drug-likeness (QED) is 0.0207. The Hall–Kier alpha value is -7.58. The first-order valence-electron chi connectivity index (χ1n) is 25.4. The molecular formula is C60H104N4O16. The normalized spacial score (nSPS) is 8.41. The molecule has 20 nitrogen and oxygen atoms in total. The minimum absolute atomic E-state index is 0.0135. The number of primary amides is 1. The SMILES string of the molecule is C=C(C)C(=O)NCC(C)C.C=C(C)C(=O)OCCC.C=C(C)C(=O)OCCCCC.C=C(C)C(=O)OCCOC.C=C(C)C(N)=O.C=CC(=O)N(CCC)CCO.C=CC(=O)NCC.C=CC(C)=O.C=CC(C)=O.C=COC(C)=O. The van der Waals surface area contributed by atoms with Crippen LogP contribution in [0, 0.1) is 5.92 Å². The van der Waals surface area contributed by atoms with E-state index in [9.17, 15) is 47.9 Å². The predicted octanol–water partition coefficient (Wildman–Crippen LogP) is 8.87. The van der Waals surface area contributed by atoms with Crippen LogP contribution >= 0.6 is 0 Å². The van der Waals surface area contributed by atoms with E-state index >= 15 is 0 Å². The van der Waals surface area contributed by atoms with E-state index < -0.39 is 5.91 Å². The smallest absolute Gasteiger partial charge is 0.333 e. The van der Waals surface area contributed by atoms with Gasteiger partial charge in [0.15, 0.2) is 11.6 Å². The largest absolute Gasteiger partial charge is 0.462 e. The summed E-state index contributed by atoms with van der Waals surface area (Å²) in [5.41, 5.74) is 7.01. The molecule has 0 unspecified atom stereocenters. The molecule has 80 heavy (non-hydrogen) atoms. The van der Waals surface area contributed by atoms with Crippen molar-refractivity contribution in [2.75, 3.05) is 66.3 Å². The fraction of sp³-hybridized carbons (Fsp3) is 0.500. The van der Waals surface area contributed by atoms with Gasteiger partial charge in [0, 0.05) is 68.1 Å². The number of esters is 4. The Morgan fingerprint density at radius 3 is 1.19 bits per heavy atom. The molecule has 0 radical (unpaired) electrons.